The highest BCUT2D eigenvalue weighted by Crippen LogP contribution is 2.11. The normalized spacial score (nSPS) is 10.1. The van der Waals surface area contributed by atoms with Crippen LogP contribution in [-0.2, 0) is 6.54 Å². The van der Waals surface area contributed by atoms with Crippen molar-refractivity contribution in [2.45, 2.75) is 6.54 Å². The van der Waals surface area contributed by atoms with Gasteiger partial charge in [0, 0.05) is 0 Å². The molecule has 0 radical (unpaired) electrons. The molecule has 2 heterocycles. The summed E-state index contributed by atoms with van der Waals surface area (Å²) in [4.78, 5) is 8.00. The third kappa shape index (κ3) is 2.84. The van der Waals surface area contributed by atoms with Crippen molar-refractivity contribution in [1.82, 2.24) is 9.97 Å². The zero-order valence-electron chi connectivity index (χ0n) is 8.39. The molecule has 0 aliphatic heterocycles. The van der Waals surface area contributed by atoms with E-state index in [0.717, 1.165) is 11.4 Å². The molecule has 5 heteroatoms. The minimum atomic E-state index is 0.164. The van der Waals surface area contributed by atoms with Crippen LogP contribution in [0, 0.1) is 0 Å². The van der Waals surface area contributed by atoms with Gasteiger partial charge in [0.25, 0.3) is 0 Å². The number of pyridine rings is 2. The topological polar surface area (TPSA) is 58.0 Å². The second-order valence-electron chi connectivity index (χ2n) is 3.23. The fourth-order valence-electron chi connectivity index (χ4n) is 1.19. The molecule has 16 heavy (non-hydrogen) atoms. The van der Waals surface area contributed by atoms with Gasteiger partial charge in [0.2, 0.25) is 0 Å². The highest BCUT2D eigenvalue weighted by Gasteiger charge is 1.96. The van der Waals surface area contributed by atoms with Crippen LogP contribution in [0.2, 0.25) is 5.15 Å². The molecule has 0 fully saturated rings. The molecule has 0 amide bonds. The standard InChI is InChI=1S/C11H10ClN3O/c12-11-4-2-9(6-15-11)13-5-8-1-3-10(16)7-14-8/h1-4,6-7,13,16H,5H2. The van der Waals surface area contributed by atoms with E-state index in [2.05, 4.69) is 15.3 Å². The second-order valence-corrected chi connectivity index (χ2v) is 3.62. The van der Waals surface area contributed by atoms with Crippen molar-refractivity contribution in [3.8, 4) is 5.75 Å². The van der Waals surface area contributed by atoms with Crippen molar-refractivity contribution in [3.63, 3.8) is 0 Å². The molecular weight excluding hydrogens is 226 g/mol. The predicted octanol–water partition coefficient (Wildman–Crippen LogP) is 2.45. The summed E-state index contributed by atoms with van der Waals surface area (Å²) in [5.74, 6) is 0.164. The lowest BCUT2D eigenvalue weighted by Gasteiger charge is -2.05. The first-order valence-electron chi connectivity index (χ1n) is 4.73. The van der Waals surface area contributed by atoms with Gasteiger partial charge in [0.05, 0.1) is 30.3 Å². The van der Waals surface area contributed by atoms with Gasteiger partial charge in [0.15, 0.2) is 0 Å². The summed E-state index contributed by atoms with van der Waals surface area (Å²) in [7, 11) is 0. The average molecular weight is 236 g/mol. The Balaban J connectivity index is 1.97. The van der Waals surface area contributed by atoms with E-state index < -0.39 is 0 Å². The second kappa shape index (κ2) is 4.81. The number of nitrogens with zero attached hydrogens (tertiary/aromatic N) is 2. The Labute approximate surface area is 97.9 Å². The van der Waals surface area contributed by atoms with E-state index in [1.165, 1.54) is 6.20 Å². The molecule has 0 saturated carbocycles. The van der Waals surface area contributed by atoms with E-state index in [-0.39, 0.29) is 5.75 Å². The third-order valence-corrected chi connectivity index (χ3v) is 2.23. The van der Waals surface area contributed by atoms with Gasteiger partial charge in [0.1, 0.15) is 10.9 Å². The molecule has 0 bridgehead atoms. The minimum Gasteiger partial charge on any atom is -0.506 e. The molecular formula is C11H10ClN3O. The van der Waals surface area contributed by atoms with E-state index in [9.17, 15) is 0 Å². The number of hydrogen-bond acceptors (Lipinski definition) is 4. The quantitative estimate of drug-likeness (QED) is 0.803. The molecule has 0 aliphatic rings. The molecule has 2 rings (SSSR count). The summed E-state index contributed by atoms with van der Waals surface area (Å²) < 4.78 is 0. The van der Waals surface area contributed by atoms with Gasteiger partial charge in [-0.15, -0.1) is 0 Å². The number of nitrogens with one attached hydrogen (secondary N) is 1. The lowest BCUT2D eigenvalue weighted by molar-refractivity contribution is 0.472. The number of aromatic hydroxyl groups is 1. The first-order chi connectivity index (χ1) is 7.74. The van der Waals surface area contributed by atoms with Crippen LogP contribution in [-0.4, -0.2) is 15.1 Å². The Morgan fingerprint density at radius 3 is 2.62 bits per heavy atom. The van der Waals surface area contributed by atoms with Gasteiger partial charge in [-0.25, -0.2) is 4.98 Å². The molecule has 0 saturated heterocycles. The number of hydrogen-bond donors (Lipinski definition) is 2. The average Bonchev–Trinajstić information content (AvgIpc) is 2.30. The number of anilines is 1. The Morgan fingerprint density at radius 1 is 1.12 bits per heavy atom. The van der Waals surface area contributed by atoms with Gasteiger partial charge < -0.3 is 10.4 Å². The van der Waals surface area contributed by atoms with E-state index in [1.54, 1.807) is 24.4 Å². The third-order valence-electron chi connectivity index (χ3n) is 2.01. The summed E-state index contributed by atoms with van der Waals surface area (Å²) >= 11 is 5.67. The van der Waals surface area contributed by atoms with Crippen LogP contribution < -0.4 is 5.32 Å². The summed E-state index contributed by atoms with van der Waals surface area (Å²) in [6.07, 6.45) is 3.07. The molecule has 0 aliphatic carbocycles. The van der Waals surface area contributed by atoms with Crippen LogP contribution in [0.4, 0.5) is 5.69 Å². The number of rotatable bonds is 3. The summed E-state index contributed by atoms with van der Waals surface area (Å²) in [6.45, 7) is 0.573. The first kappa shape index (κ1) is 10.7. The fraction of sp³-hybridized carbons (Fsp3) is 0.0909. The maximum absolute atomic E-state index is 9.06. The zero-order valence-corrected chi connectivity index (χ0v) is 9.15. The summed E-state index contributed by atoms with van der Waals surface area (Å²) in [5.41, 5.74) is 1.71. The molecule has 0 atom stereocenters. The predicted molar refractivity (Wildman–Crippen MR) is 62.5 cm³/mol. The lowest BCUT2D eigenvalue weighted by atomic mass is 10.3. The van der Waals surface area contributed by atoms with Crippen LogP contribution in [0.25, 0.3) is 0 Å². The SMILES string of the molecule is Oc1ccc(CNc2ccc(Cl)nc2)nc1. The van der Waals surface area contributed by atoms with Gasteiger partial charge in [-0.1, -0.05) is 11.6 Å². The lowest BCUT2D eigenvalue weighted by Crippen LogP contribution is -2.01. The van der Waals surface area contributed by atoms with E-state index in [0.29, 0.717) is 11.7 Å². The van der Waals surface area contributed by atoms with Crippen molar-refractivity contribution >= 4 is 17.3 Å². The minimum absolute atomic E-state index is 0.164. The van der Waals surface area contributed by atoms with Crippen molar-refractivity contribution in [2.75, 3.05) is 5.32 Å². The van der Waals surface area contributed by atoms with Crippen molar-refractivity contribution in [2.24, 2.45) is 0 Å². The molecule has 2 aromatic rings. The van der Waals surface area contributed by atoms with Crippen LogP contribution in [0.15, 0.2) is 36.7 Å². The molecule has 4 nitrogen and oxygen atoms in total. The highest BCUT2D eigenvalue weighted by molar-refractivity contribution is 6.29. The Kier molecular flexibility index (Phi) is 3.22. The van der Waals surface area contributed by atoms with Gasteiger partial charge in [-0.3, -0.25) is 4.98 Å². The molecule has 0 aromatic carbocycles. The monoisotopic (exact) mass is 235 g/mol. The maximum atomic E-state index is 9.06. The Hall–Kier alpha value is -1.81. The molecule has 82 valence electrons. The maximum Gasteiger partial charge on any atom is 0.133 e. The van der Waals surface area contributed by atoms with E-state index in [4.69, 9.17) is 16.7 Å². The van der Waals surface area contributed by atoms with Gasteiger partial charge >= 0.3 is 0 Å². The Morgan fingerprint density at radius 2 is 2.00 bits per heavy atom. The largest absolute Gasteiger partial charge is 0.506 e. The van der Waals surface area contributed by atoms with E-state index in [1.807, 2.05) is 6.07 Å². The Bertz CT molecular complexity index is 410. The zero-order chi connectivity index (χ0) is 11.4. The first-order valence-corrected chi connectivity index (χ1v) is 5.11. The van der Waals surface area contributed by atoms with Crippen LogP contribution in [0.3, 0.4) is 0 Å². The highest BCUT2D eigenvalue weighted by atomic mass is 35.5. The van der Waals surface area contributed by atoms with E-state index >= 15 is 0 Å². The number of halogens is 1. The van der Waals surface area contributed by atoms with Crippen LogP contribution in [0.1, 0.15) is 5.69 Å². The van der Waals surface area contributed by atoms with Crippen molar-refractivity contribution < 1.29 is 5.11 Å². The van der Waals surface area contributed by atoms with Crippen LogP contribution in [0.5, 0.6) is 5.75 Å². The fourth-order valence-corrected chi connectivity index (χ4v) is 1.31. The molecule has 2 N–H and O–H groups in total. The summed E-state index contributed by atoms with van der Waals surface area (Å²) in [5, 5.41) is 12.7. The van der Waals surface area contributed by atoms with Gasteiger partial charge in [-0.05, 0) is 24.3 Å². The molecule has 0 spiro atoms. The van der Waals surface area contributed by atoms with Crippen molar-refractivity contribution in [3.05, 3.63) is 47.5 Å². The molecule has 2 aromatic heterocycles. The summed E-state index contributed by atoms with van der Waals surface area (Å²) in [6, 6.07) is 6.92. The van der Waals surface area contributed by atoms with Crippen molar-refractivity contribution in [1.29, 1.82) is 0 Å². The molecule has 0 unspecified atom stereocenters. The smallest absolute Gasteiger partial charge is 0.133 e. The number of aromatic nitrogens is 2. The van der Waals surface area contributed by atoms with Gasteiger partial charge in [-0.2, -0.15) is 0 Å². The van der Waals surface area contributed by atoms with Crippen LogP contribution >= 0.6 is 11.6 Å².